The molecule has 1 heterocycles. The number of halogens is 1. The van der Waals surface area contributed by atoms with Gasteiger partial charge in [-0.1, -0.05) is 6.92 Å². The highest BCUT2D eigenvalue weighted by molar-refractivity contribution is 5.73. The van der Waals surface area contributed by atoms with E-state index in [2.05, 4.69) is 4.99 Å². The van der Waals surface area contributed by atoms with Crippen LogP contribution in [-0.4, -0.2) is 23.5 Å². The van der Waals surface area contributed by atoms with Crippen molar-refractivity contribution in [2.24, 2.45) is 4.99 Å². The first-order valence-corrected chi connectivity index (χ1v) is 4.05. The van der Waals surface area contributed by atoms with E-state index in [9.17, 15) is 4.79 Å². The zero-order chi connectivity index (χ0) is 8.97. The molecule has 0 aromatic heterocycles. The third kappa shape index (κ3) is 3.28. The van der Waals surface area contributed by atoms with Gasteiger partial charge in [0.05, 0.1) is 6.20 Å². The average Bonchev–Trinajstić information content (AvgIpc) is 2.51. The zero-order valence-electron chi connectivity index (χ0n) is 7.40. The molecule has 0 bridgehead atoms. The fourth-order valence-corrected chi connectivity index (χ4v) is 1.23. The lowest BCUT2D eigenvalue weighted by atomic mass is 10.1. The Bertz CT molecular complexity index is 216. The first kappa shape index (κ1) is 12.3. The summed E-state index contributed by atoms with van der Waals surface area (Å²) in [4.78, 5) is 15.4. The monoisotopic (exact) mass is 248 g/mol. The van der Waals surface area contributed by atoms with Gasteiger partial charge in [-0.05, 0) is 6.42 Å². The summed E-state index contributed by atoms with van der Waals surface area (Å²) in [6, 6.07) is -0.377. The third-order valence-electron chi connectivity index (χ3n) is 1.85. The quantitative estimate of drug-likeness (QED) is 0.547. The Labute approximate surface area is 87.7 Å². The Kier molecular flexibility index (Phi) is 5.57. The summed E-state index contributed by atoms with van der Waals surface area (Å²) in [5, 5.41) is 8.85. The number of nitrogens with one attached hydrogen (secondary N) is 1. The maximum atomic E-state index is 10.8. The van der Waals surface area contributed by atoms with E-state index in [1.54, 1.807) is 18.7 Å². The highest BCUT2D eigenvalue weighted by Crippen LogP contribution is 1.93. The van der Waals surface area contributed by atoms with Gasteiger partial charge < -0.3 is 22.1 Å². The number of carboxylic acids is 1. The van der Waals surface area contributed by atoms with E-state index in [0.29, 0.717) is 6.42 Å². The van der Waals surface area contributed by atoms with Gasteiger partial charge in [0, 0.05) is 6.42 Å². The highest BCUT2D eigenvalue weighted by Gasteiger charge is 2.27. The van der Waals surface area contributed by atoms with Gasteiger partial charge in [-0.2, -0.15) is 0 Å². The molecule has 74 valence electrons. The molecular formula is C8H13BrN2O2. The summed E-state index contributed by atoms with van der Waals surface area (Å²) >= 11 is 0. The van der Waals surface area contributed by atoms with Crippen LogP contribution in [0.25, 0.3) is 0 Å². The number of aliphatic carboxylic acids is 1. The number of hydrogen-bond acceptors (Lipinski definition) is 2. The van der Waals surface area contributed by atoms with Gasteiger partial charge in [0.15, 0.2) is 12.4 Å². The van der Waals surface area contributed by atoms with Gasteiger partial charge in [0.25, 0.3) is 0 Å². The first-order chi connectivity index (χ1) is 5.75. The number of hydrogen-bond donors (Lipinski definition) is 2. The molecule has 1 rings (SSSR count). The maximum Gasteiger partial charge on any atom is 0.363 e. The molecule has 13 heavy (non-hydrogen) atoms. The SMILES string of the molecule is CCCC(C(=O)O)[NH+]1C=CN=C1.[Br-]. The molecule has 0 spiro atoms. The van der Waals surface area contributed by atoms with Gasteiger partial charge in [0.2, 0.25) is 0 Å². The van der Waals surface area contributed by atoms with Crippen LogP contribution < -0.4 is 21.9 Å². The predicted octanol–water partition coefficient (Wildman–Crippen LogP) is -3.36. The molecule has 0 fully saturated rings. The Morgan fingerprint density at radius 1 is 1.69 bits per heavy atom. The van der Waals surface area contributed by atoms with E-state index in [1.807, 2.05) is 6.92 Å². The molecule has 4 nitrogen and oxygen atoms in total. The van der Waals surface area contributed by atoms with Gasteiger partial charge in [-0.3, -0.25) is 4.90 Å². The second-order valence-electron chi connectivity index (χ2n) is 2.77. The van der Waals surface area contributed by atoms with Crippen molar-refractivity contribution in [2.75, 3.05) is 0 Å². The van der Waals surface area contributed by atoms with Crippen LogP contribution in [-0.2, 0) is 4.79 Å². The van der Waals surface area contributed by atoms with Crippen LogP contribution in [0.3, 0.4) is 0 Å². The number of quaternary nitrogens is 1. The summed E-state index contributed by atoms with van der Waals surface area (Å²) < 4.78 is 0. The van der Waals surface area contributed by atoms with Crippen LogP contribution in [0.4, 0.5) is 0 Å². The highest BCUT2D eigenvalue weighted by atomic mass is 79.9. The fourth-order valence-electron chi connectivity index (χ4n) is 1.23. The van der Waals surface area contributed by atoms with Crippen molar-refractivity contribution in [1.29, 1.82) is 0 Å². The molecule has 1 aliphatic heterocycles. The Hall–Kier alpha value is -0.680. The average molecular weight is 249 g/mol. The van der Waals surface area contributed by atoms with Crippen molar-refractivity contribution < 1.29 is 31.8 Å². The molecule has 0 amide bonds. The second-order valence-corrected chi connectivity index (χ2v) is 2.77. The third-order valence-corrected chi connectivity index (χ3v) is 1.85. The molecule has 5 heteroatoms. The van der Waals surface area contributed by atoms with Gasteiger partial charge in [-0.15, -0.1) is 0 Å². The Morgan fingerprint density at radius 3 is 2.77 bits per heavy atom. The summed E-state index contributed by atoms with van der Waals surface area (Å²) in [7, 11) is 0. The number of aliphatic imine (C=N–C) groups is 1. The molecule has 1 aliphatic rings. The smallest absolute Gasteiger partial charge is 0.363 e. The van der Waals surface area contributed by atoms with E-state index < -0.39 is 5.97 Å². The molecule has 0 aromatic rings. The molecule has 0 aliphatic carbocycles. The van der Waals surface area contributed by atoms with Crippen LogP contribution in [0.1, 0.15) is 19.8 Å². The van der Waals surface area contributed by atoms with Crippen molar-refractivity contribution in [2.45, 2.75) is 25.8 Å². The van der Waals surface area contributed by atoms with E-state index >= 15 is 0 Å². The van der Waals surface area contributed by atoms with Crippen molar-refractivity contribution >= 4 is 12.3 Å². The van der Waals surface area contributed by atoms with Crippen LogP contribution in [0.2, 0.25) is 0 Å². The van der Waals surface area contributed by atoms with Gasteiger partial charge >= 0.3 is 5.97 Å². The maximum absolute atomic E-state index is 10.8. The van der Waals surface area contributed by atoms with E-state index in [0.717, 1.165) is 11.3 Å². The molecule has 2 N–H and O–H groups in total. The van der Waals surface area contributed by atoms with Crippen LogP contribution in [0.5, 0.6) is 0 Å². The fraction of sp³-hybridized carbons (Fsp3) is 0.500. The van der Waals surface area contributed by atoms with Crippen LogP contribution in [0.15, 0.2) is 17.4 Å². The zero-order valence-corrected chi connectivity index (χ0v) is 8.99. The molecule has 2 atom stereocenters. The lowest BCUT2D eigenvalue weighted by Crippen LogP contribution is -3.11. The topological polar surface area (TPSA) is 54.1 Å². The molecular weight excluding hydrogens is 236 g/mol. The summed E-state index contributed by atoms with van der Waals surface area (Å²) in [5.41, 5.74) is 0. The minimum Gasteiger partial charge on any atom is -1.00 e. The molecule has 0 aromatic carbocycles. The predicted molar refractivity (Wildman–Crippen MR) is 44.9 cm³/mol. The second kappa shape index (κ2) is 5.88. The number of carboxylic acid groups (broad SMARTS) is 1. The minimum atomic E-state index is -0.759. The largest absolute Gasteiger partial charge is 1.00 e. The van der Waals surface area contributed by atoms with Crippen LogP contribution >= 0.6 is 0 Å². The Balaban J connectivity index is 0.00000144. The van der Waals surface area contributed by atoms with Gasteiger partial charge in [-0.25, -0.2) is 9.79 Å². The number of rotatable bonds is 4. The lowest BCUT2D eigenvalue weighted by molar-refractivity contribution is -0.758. The minimum absolute atomic E-state index is 0. The standard InChI is InChI=1S/C8H12N2O2.BrH/c1-2-3-7(8(11)12)10-5-4-9-6-10;/h4-7H,2-3H2,1H3,(H,11,12);1H. The van der Waals surface area contributed by atoms with Crippen molar-refractivity contribution in [1.82, 2.24) is 0 Å². The Morgan fingerprint density at radius 2 is 2.38 bits per heavy atom. The van der Waals surface area contributed by atoms with Crippen molar-refractivity contribution in [3.05, 3.63) is 12.4 Å². The lowest BCUT2D eigenvalue weighted by Gasteiger charge is -2.13. The normalized spacial score (nSPS) is 21.2. The first-order valence-electron chi connectivity index (χ1n) is 4.05. The van der Waals surface area contributed by atoms with Crippen LogP contribution in [0, 0.1) is 0 Å². The van der Waals surface area contributed by atoms with Crippen molar-refractivity contribution in [3.8, 4) is 0 Å². The summed E-state index contributed by atoms with van der Waals surface area (Å²) in [6.07, 6.45) is 6.56. The number of carbonyl (C=O) groups is 1. The molecule has 2 unspecified atom stereocenters. The molecule has 0 saturated heterocycles. The summed E-state index contributed by atoms with van der Waals surface area (Å²) in [6.45, 7) is 1.98. The number of nitrogens with zero attached hydrogens (tertiary/aromatic N) is 1. The van der Waals surface area contributed by atoms with E-state index in [-0.39, 0.29) is 23.0 Å². The summed E-state index contributed by atoms with van der Waals surface area (Å²) in [5.74, 6) is -0.759. The van der Waals surface area contributed by atoms with Crippen molar-refractivity contribution in [3.63, 3.8) is 0 Å². The van der Waals surface area contributed by atoms with Gasteiger partial charge in [0.1, 0.15) is 6.20 Å². The van der Waals surface area contributed by atoms with E-state index in [1.165, 1.54) is 0 Å². The van der Waals surface area contributed by atoms with E-state index in [4.69, 9.17) is 5.11 Å². The molecule has 0 radical (unpaired) electrons. The molecule has 0 saturated carbocycles.